The van der Waals surface area contributed by atoms with Crippen LogP contribution in [0.3, 0.4) is 0 Å². The Kier molecular flexibility index (Phi) is 3.87. The van der Waals surface area contributed by atoms with E-state index in [9.17, 15) is 9.90 Å². The first-order chi connectivity index (χ1) is 7.06. The Morgan fingerprint density at radius 1 is 1.60 bits per heavy atom. The van der Waals surface area contributed by atoms with Crippen LogP contribution < -0.4 is 5.73 Å². The van der Waals surface area contributed by atoms with E-state index in [0.29, 0.717) is 25.1 Å². The van der Waals surface area contributed by atoms with Gasteiger partial charge in [-0.3, -0.25) is 9.36 Å². The quantitative estimate of drug-likeness (QED) is 0.543. The average Bonchev–Trinajstić information content (AvgIpc) is 2.42. The Morgan fingerprint density at radius 3 is 2.80 bits per heavy atom. The highest BCUT2D eigenvalue weighted by molar-refractivity contribution is 7.71. The summed E-state index contributed by atoms with van der Waals surface area (Å²) in [5.74, 6) is -1.17. The monoisotopic (exact) mass is 231 g/mol. The van der Waals surface area contributed by atoms with E-state index in [0.717, 1.165) is 4.57 Å². The van der Waals surface area contributed by atoms with Gasteiger partial charge in [0.25, 0.3) is 0 Å². The second kappa shape index (κ2) is 4.94. The van der Waals surface area contributed by atoms with E-state index >= 15 is 0 Å². The van der Waals surface area contributed by atoms with E-state index in [4.69, 9.17) is 23.1 Å². The highest BCUT2D eigenvalue weighted by atomic mass is 32.1. The van der Waals surface area contributed by atoms with Crippen molar-refractivity contribution in [3.8, 4) is 5.88 Å². The SMILES string of the molecule is NCCCc1[nH]c(=S)n(CC(=O)O)c1O. The molecule has 15 heavy (non-hydrogen) atoms. The van der Waals surface area contributed by atoms with Gasteiger partial charge in [0.2, 0.25) is 5.88 Å². The summed E-state index contributed by atoms with van der Waals surface area (Å²) < 4.78 is 1.35. The minimum Gasteiger partial charge on any atom is -0.493 e. The van der Waals surface area contributed by atoms with Crippen molar-refractivity contribution in [3.63, 3.8) is 0 Å². The number of aromatic hydroxyl groups is 1. The molecular formula is C8H13N3O3S. The average molecular weight is 231 g/mol. The summed E-state index contributed by atoms with van der Waals surface area (Å²) in [7, 11) is 0. The number of aryl methyl sites for hydroxylation is 1. The number of rotatable bonds is 5. The van der Waals surface area contributed by atoms with Crippen LogP contribution in [0.1, 0.15) is 12.1 Å². The number of hydrogen-bond acceptors (Lipinski definition) is 4. The molecule has 0 aliphatic carbocycles. The number of imidazole rings is 1. The van der Waals surface area contributed by atoms with E-state index in [1.807, 2.05) is 0 Å². The molecule has 0 amide bonds. The molecule has 5 N–H and O–H groups in total. The summed E-state index contributed by atoms with van der Waals surface area (Å²) in [5, 5.41) is 18.2. The van der Waals surface area contributed by atoms with Gasteiger partial charge in [-0.2, -0.15) is 0 Å². The largest absolute Gasteiger partial charge is 0.493 e. The Hall–Kier alpha value is -1.34. The Labute approximate surface area is 91.3 Å². The van der Waals surface area contributed by atoms with Crippen molar-refractivity contribution >= 4 is 18.2 Å². The Bertz CT molecular complexity index is 410. The van der Waals surface area contributed by atoms with Crippen LogP contribution in [0.5, 0.6) is 5.88 Å². The van der Waals surface area contributed by atoms with Crippen LogP contribution in [0.15, 0.2) is 0 Å². The van der Waals surface area contributed by atoms with E-state index in [-0.39, 0.29) is 17.2 Å². The van der Waals surface area contributed by atoms with Gasteiger partial charge in [-0.05, 0) is 31.6 Å². The topological polar surface area (TPSA) is 104 Å². The van der Waals surface area contributed by atoms with Gasteiger partial charge >= 0.3 is 5.97 Å². The molecule has 0 unspecified atom stereocenters. The van der Waals surface area contributed by atoms with E-state index in [1.165, 1.54) is 0 Å². The number of aliphatic carboxylic acids is 1. The first kappa shape index (κ1) is 11.7. The maximum Gasteiger partial charge on any atom is 0.323 e. The van der Waals surface area contributed by atoms with Crippen LogP contribution in [0.25, 0.3) is 0 Å². The van der Waals surface area contributed by atoms with Crippen LogP contribution in [0.4, 0.5) is 0 Å². The molecule has 0 spiro atoms. The molecule has 0 aromatic carbocycles. The lowest BCUT2D eigenvalue weighted by atomic mass is 10.2. The minimum atomic E-state index is -1.05. The van der Waals surface area contributed by atoms with Crippen molar-refractivity contribution in [3.05, 3.63) is 10.5 Å². The molecule has 0 radical (unpaired) electrons. The number of carbonyl (C=O) groups is 1. The molecule has 1 rings (SSSR count). The first-order valence-electron chi connectivity index (χ1n) is 4.48. The van der Waals surface area contributed by atoms with Crippen LogP contribution in [-0.4, -0.2) is 32.3 Å². The van der Waals surface area contributed by atoms with Crippen molar-refractivity contribution < 1.29 is 15.0 Å². The van der Waals surface area contributed by atoms with Crippen LogP contribution in [0, 0.1) is 4.77 Å². The van der Waals surface area contributed by atoms with Crippen molar-refractivity contribution in [2.45, 2.75) is 19.4 Å². The normalized spacial score (nSPS) is 10.5. The van der Waals surface area contributed by atoms with Crippen molar-refractivity contribution in [1.82, 2.24) is 9.55 Å². The fourth-order valence-electron chi connectivity index (χ4n) is 1.25. The molecule has 0 saturated carbocycles. The number of H-pyrrole nitrogens is 1. The highest BCUT2D eigenvalue weighted by Gasteiger charge is 2.12. The lowest BCUT2D eigenvalue weighted by Gasteiger charge is -2.00. The molecule has 0 atom stereocenters. The fraction of sp³-hybridized carbons (Fsp3) is 0.500. The number of hydrogen-bond donors (Lipinski definition) is 4. The fourth-order valence-corrected chi connectivity index (χ4v) is 1.52. The van der Waals surface area contributed by atoms with Crippen LogP contribution in [-0.2, 0) is 17.8 Å². The zero-order valence-corrected chi connectivity index (χ0v) is 8.88. The molecular weight excluding hydrogens is 218 g/mol. The van der Waals surface area contributed by atoms with Crippen LogP contribution in [0.2, 0.25) is 0 Å². The lowest BCUT2D eigenvalue weighted by Crippen LogP contribution is -2.08. The summed E-state index contributed by atoms with van der Waals surface area (Å²) in [6, 6.07) is 0. The number of aromatic nitrogens is 2. The minimum absolute atomic E-state index is 0.115. The zero-order chi connectivity index (χ0) is 11.4. The summed E-state index contributed by atoms with van der Waals surface area (Å²) in [6.07, 6.45) is 1.26. The van der Waals surface area contributed by atoms with Gasteiger partial charge in [0.05, 0.1) is 5.69 Å². The number of aromatic amines is 1. The maximum atomic E-state index is 10.5. The standard InChI is InChI=1S/C8H13N3O3S/c9-3-1-2-5-7(14)11(4-6(12)13)8(15)10-5/h14H,1-4,9H2,(H,10,15)(H,12,13). The predicted octanol–water partition coefficient (Wildman–Crippen LogP) is 0.227. The first-order valence-corrected chi connectivity index (χ1v) is 4.89. The summed E-state index contributed by atoms with van der Waals surface area (Å²) >= 11 is 4.88. The molecule has 7 heteroatoms. The van der Waals surface area contributed by atoms with Crippen molar-refractivity contribution in [1.29, 1.82) is 0 Å². The van der Waals surface area contributed by atoms with Gasteiger partial charge in [-0.25, -0.2) is 0 Å². The van der Waals surface area contributed by atoms with E-state index in [2.05, 4.69) is 4.98 Å². The maximum absolute atomic E-state index is 10.5. The number of nitrogens with two attached hydrogens (primary N) is 1. The molecule has 1 aromatic heterocycles. The molecule has 0 saturated heterocycles. The van der Waals surface area contributed by atoms with E-state index in [1.54, 1.807) is 0 Å². The smallest absolute Gasteiger partial charge is 0.323 e. The van der Waals surface area contributed by atoms with Crippen molar-refractivity contribution in [2.75, 3.05) is 6.54 Å². The van der Waals surface area contributed by atoms with Gasteiger partial charge in [-0.15, -0.1) is 0 Å². The number of carboxylic acids is 1. The molecule has 0 aliphatic rings. The Balaban J connectivity index is 2.93. The van der Waals surface area contributed by atoms with Crippen molar-refractivity contribution in [2.24, 2.45) is 5.73 Å². The molecule has 0 fully saturated rings. The number of carboxylic acid groups (broad SMARTS) is 1. The molecule has 1 aromatic rings. The third kappa shape index (κ3) is 2.80. The predicted molar refractivity (Wildman–Crippen MR) is 56.3 cm³/mol. The summed E-state index contributed by atoms with van der Waals surface area (Å²) in [4.78, 5) is 13.2. The molecule has 6 nitrogen and oxygen atoms in total. The van der Waals surface area contributed by atoms with Gasteiger partial charge in [0.1, 0.15) is 6.54 Å². The summed E-state index contributed by atoms with van der Waals surface area (Å²) in [6.45, 7) is 0.161. The van der Waals surface area contributed by atoms with Gasteiger partial charge in [0.15, 0.2) is 4.77 Å². The molecule has 1 heterocycles. The molecule has 84 valence electrons. The lowest BCUT2D eigenvalue weighted by molar-refractivity contribution is -0.137. The number of nitrogens with one attached hydrogen (secondary N) is 1. The summed E-state index contributed by atoms with van der Waals surface area (Å²) in [5.41, 5.74) is 5.86. The number of nitrogens with zero attached hydrogens (tertiary/aromatic N) is 1. The zero-order valence-electron chi connectivity index (χ0n) is 8.06. The second-order valence-corrected chi connectivity index (χ2v) is 3.49. The van der Waals surface area contributed by atoms with Crippen LogP contribution >= 0.6 is 12.2 Å². The van der Waals surface area contributed by atoms with Gasteiger partial charge in [-0.1, -0.05) is 0 Å². The second-order valence-electron chi connectivity index (χ2n) is 3.10. The molecule has 0 aliphatic heterocycles. The third-order valence-corrected chi connectivity index (χ3v) is 2.28. The Morgan fingerprint density at radius 2 is 2.27 bits per heavy atom. The van der Waals surface area contributed by atoms with Gasteiger partial charge < -0.3 is 20.9 Å². The van der Waals surface area contributed by atoms with Gasteiger partial charge in [0, 0.05) is 0 Å². The van der Waals surface area contributed by atoms with E-state index < -0.39 is 5.97 Å². The highest BCUT2D eigenvalue weighted by Crippen LogP contribution is 2.18. The molecule has 0 bridgehead atoms. The third-order valence-electron chi connectivity index (χ3n) is 1.95.